The number of nitrogens with zero attached hydrogens (tertiary/aromatic N) is 5. The minimum absolute atomic E-state index is 0.170. The Balaban J connectivity index is 1.88. The molecule has 10 nitrogen and oxygen atoms in total. The average molecular weight is 343 g/mol. The number of aromatic amines is 1. The molecule has 0 unspecified atom stereocenters. The van der Waals surface area contributed by atoms with Crippen molar-refractivity contribution in [2.75, 3.05) is 26.0 Å². The van der Waals surface area contributed by atoms with Crippen molar-refractivity contribution in [3.8, 4) is 11.3 Å². The first kappa shape index (κ1) is 16.6. The highest BCUT2D eigenvalue weighted by molar-refractivity contribution is 6.01. The number of carbonyl (C=O) groups is 2. The zero-order valence-electron chi connectivity index (χ0n) is 13.7. The summed E-state index contributed by atoms with van der Waals surface area (Å²) in [6.07, 6.45) is 1.56. The van der Waals surface area contributed by atoms with Gasteiger partial charge in [-0.05, 0) is 26.2 Å². The molecule has 2 aromatic heterocycles. The van der Waals surface area contributed by atoms with E-state index in [0.29, 0.717) is 11.5 Å². The number of aromatic nitrogens is 5. The first-order valence-corrected chi connectivity index (χ1v) is 7.47. The number of amides is 1. The summed E-state index contributed by atoms with van der Waals surface area (Å²) in [5, 5.41) is 27.1. The first-order valence-electron chi connectivity index (χ1n) is 7.47. The fraction of sp³-hybridized carbons (Fsp3) is 0.267. The molecule has 0 aliphatic rings. The fourth-order valence-electron chi connectivity index (χ4n) is 2.37. The molecule has 0 spiro atoms. The standard InChI is InChI=1S/C15H17N7O3/c1-21(2)7-13(23)16-15-10-5-9(3-4-11(10)17-19-15)12-6-22(20-18-12)8-14(24)25/h3-6H,7-8H2,1-2H3,(H,24,25)(H2,16,17,19,23). The van der Waals surface area contributed by atoms with Crippen LogP contribution in [0.5, 0.6) is 0 Å². The number of carboxylic acid groups (broad SMARTS) is 1. The van der Waals surface area contributed by atoms with E-state index >= 15 is 0 Å². The number of hydrogen-bond donors (Lipinski definition) is 3. The summed E-state index contributed by atoms with van der Waals surface area (Å²) in [6, 6.07) is 5.45. The normalized spacial score (nSPS) is 11.2. The summed E-state index contributed by atoms with van der Waals surface area (Å²) in [7, 11) is 3.61. The molecule has 0 saturated heterocycles. The first-order chi connectivity index (χ1) is 11.9. The average Bonchev–Trinajstić information content (AvgIpc) is 3.13. The fourth-order valence-corrected chi connectivity index (χ4v) is 2.37. The second kappa shape index (κ2) is 6.69. The number of rotatable bonds is 6. The number of likely N-dealkylation sites (N-methyl/N-ethyl adjacent to an activating group) is 1. The number of fused-ring (bicyclic) bond motifs is 1. The number of aliphatic carboxylic acids is 1. The van der Waals surface area contributed by atoms with Crippen LogP contribution >= 0.6 is 0 Å². The van der Waals surface area contributed by atoms with Gasteiger partial charge in [0, 0.05) is 10.9 Å². The lowest BCUT2D eigenvalue weighted by molar-refractivity contribution is -0.137. The van der Waals surface area contributed by atoms with Gasteiger partial charge >= 0.3 is 5.97 Å². The topological polar surface area (TPSA) is 129 Å². The van der Waals surface area contributed by atoms with Crippen molar-refractivity contribution in [1.29, 1.82) is 0 Å². The Hall–Kier alpha value is -3.27. The van der Waals surface area contributed by atoms with Gasteiger partial charge in [-0.1, -0.05) is 11.3 Å². The maximum absolute atomic E-state index is 11.9. The zero-order chi connectivity index (χ0) is 18.0. The van der Waals surface area contributed by atoms with Gasteiger partial charge < -0.3 is 15.3 Å². The van der Waals surface area contributed by atoms with E-state index in [2.05, 4.69) is 25.8 Å². The van der Waals surface area contributed by atoms with E-state index in [0.717, 1.165) is 16.5 Å². The maximum Gasteiger partial charge on any atom is 0.325 e. The molecule has 1 aromatic carbocycles. The Morgan fingerprint density at radius 3 is 2.88 bits per heavy atom. The highest BCUT2D eigenvalue weighted by atomic mass is 16.4. The molecule has 130 valence electrons. The molecule has 0 saturated carbocycles. The molecule has 10 heteroatoms. The van der Waals surface area contributed by atoms with Crippen LogP contribution in [0.1, 0.15) is 0 Å². The predicted octanol–water partition coefficient (Wildman–Crippen LogP) is 0.406. The van der Waals surface area contributed by atoms with Crippen LogP contribution in [-0.4, -0.2) is 67.7 Å². The second-order valence-electron chi connectivity index (χ2n) is 5.81. The highest BCUT2D eigenvalue weighted by Gasteiger charge is 2.13. The molecule has 3 N–H and O–H groups in total. The van der Waals surface area contributed by atoms with Crippen molar-refractivity contribution in [3.05, 3.63) is 24.4 Å². The molecular formula is C15H17N7O3. The van der Waals surface area contributed by atoms with E-state index in [9.17, 15) is 9.59 Å². The number of H-pyrrole nitrogens is 1. The van der Waals surface area contributed by atoms with Crippen LogP contribution in [0.15, 0.2) is 24.4 Å². The van der Waals surface area contributed by atoms with Crippen LogP contribution in [0.3, 0.4) is 0 Å². The summed E-state index contributed by atoms with van der Waals surface area (Å²) in [5.41, 5.74) is 2.05. The number of carbonyl (C=O) groups excluding carboxylic acids is 1. The molecule has 0 atom stereocenters. The van der Waals surface area contributed by atoms with Crippen molar-refractivity contribution in [1.82, 2.24) is 30.1 Å². The second-order valence-corrected chi connectivity index (χ2v) is 5.81. The zero-order valence-corrected chi connectivity index (χ0v) is 13.7. The number of anilines is 1. The van der Waals surface area contributed by atoms with E-state index < -0.39 is 5.97 Å². The molecule has 0 radical (unpaired) electrons. The molecule has 25 heavy (non-hydrogen) atoms. The summed E-state index contributed by atoms with van der Waals surface area (Å²) < 4.78 is 1.25. The quantitative estimate of drug-likeness (QED) is 0.591. The van der Waals surface area contributed by atoms with Gasteiger partial charge in [0.15, 0.2) is 5.82 Å². The maximum atomic E-state index is 11.9. The Morgan fingerprint density at radius 1 is 1.36 bits per heavy atom. The van der Waals surface area contributed by atoms with Crippen molar-refractivity contribution in [2.24, 2.45) is 0 Å². The minimum Gasteiger partial charge on any atom is -0.480 e. The predicted molar refractivity (Wildman–Crippen MR) is 89.9 cm³/mol. The van der Waals surface area contributed by atoms with Gasteiger partial charge in [0.1, 0.15) is 12.2 Å². The van der Waals surface area contributed by atoms with Crippen LogP contribution in [-0.2, 0) is 16.1 Å². The third-order valence-corrected chi connectivity index (χ3v) is 3.41. The van der Waals surface area contributed by atoms with Gasteiger partial charge in [0.2, 0.25) is 5.91 Å². The smallest absolute Gasteiger partial charge is 0.325 e. The molecule has 0 bridgehead atoms. The molecular weight excluding hydrogens is 326 g/mol. The van der Waals surface area contributed by atoms with Crippen LogP contribution in [0.2, 0.25) is 0 Å². The molecule has 0 fully saturated rings. The van der Waals surface area contributed by atoms with Crippen LogP contribution in [0.4, 0.5) is 5.82 Å². The lowest BCUT2D eigenvalue weighted by Gasteiger charge is -2.08. The van der Waals surface area contributed by atoms with Crippen molar-refractivity contribution < 1.29 is 14.7 Å². The number of nitrogens with one attached hydrogen (secondary N) is 2. The van der Waals surface area contributed by atoms with E-state index in [-0.39, 0.29) is 19.0 Å². The van der Waals surface area contributed by atoms with Gasteiger partial charge in [0.25, 0.3) is 0 Å². The lowest BCUT2D eigenvalue weighted by atomic mass is 10.1. The third kappa shape index (κ3) is 3.80. The SMILES string of the molecule is CN(C)CC(=O)Nc1n[nH]c2ccc(-c3cn(CC(=O)O)nn3)cc12. The summed E-state index contributed by atoms with van der Waals surface area (Å²) in [4.78, 5) is 24.4. The third-order valence-electron chi connectivity index (χ3n) is 3.41. The molecule has 0 aliphatic heterocycles. The minimum atomic E-state index is -0.993. The molecule has 3 aromatic rings. The van der Waals surface area contributed by atoms with E-state index in [1.165, 1.54) is 4.68 Å². The van der Waals surface area contributed by atoms with Crippen LogP contribution in [0.25, 0.3) is 22.2 Å². The van der Waals surface area contributed by atoms with Gasteiger partial charge in [0.05, 0.1) is 18.3 Å². The molecule has 3 rings (SSSR count). The van der Waals surface area contributed by atoms with E-state index in [4.69, 9.17) is 5.11 Å². The monoisotopic (exact) mass is 343 g/mol. The molecule has 0 aliphatic carbocycles. The Labute approximate surface area is 142 Å². The van der Waals surface area contributed by atoms with Gasteiger partial charge in [-0.15, -0.1) is 5.10 Å². The highest BCUT2D eigenvalue weighted by Crippen LogP contribution is 2.26. The Bertz CT molecular complexity index is 928. The van der Waals surface area contributed by atoms with E-state index in [1.807, 2.05) is 18.2 Å². The van der Waals surface area contributed by atoms with Gasteiger partial charge in [-0.25, -0.2) is 4.68 Å². The number of benzene rings is 1. The largest absolute Gasteiger partial charge is 0.480 e. The van der Waals surface area contributed by atoms with Crippen LogP contribution in [0, 0.1) is 0 Å². The summed E-state index contributed by atoms with van der Waals surface area (Å²) in [6.45, 7) is -0.00957. The van der Waals surface area contributed by atoms with Crippen molar-refractivity contribution >= 4 is 28.6 Å². The van der Waals surface area contributed by atoms with Gasteiger partial charge in [-0.2, -0.15) is 5.10 Å². The number of hydrogen-bond acceptors (Lipinski definition) is 6. The van der Waals surface area contributed by atoms with Crippen LogP contribution < -0.4 is 5.32 Å². The molecule has 2 heterocycles. The Kier molecular flexibility index (Phi) is 4.44. The lowest BCUT2D eigenvalue weighted by Crippen LogP contribution is -2.27. The Morgan fingerprint density at radius 2 is 2.16 bits per heavy atom. The number of carboxylic acids is 1. The van der Waals surface area contributed by atoms with Gasteiger partial charge in [-0.3, -0.25) is 14.7 Å². The summed E-state index contributed by atoms with van der Waals surface area (Å²) >= 11 is 0. The van der Waals surface area contributed by atoms with E-state index in [1.54, 1.807) is 25.2 Å². The van der Waals surface area contributed by atoms with Crippen molar-refractivity contribution in [3.63, 3.8) is 0 Å². The summed E-state index contributed by atoms with van der Waals surface area (Å²) in [5.74, 6) is -0.731. The molecule has 1 amide bonds. The van der Waals surface area contributed by atoms with Crippen molar-refractivity contribution in [2.45, 2.75) is 6.54 Å².